The molecule has 0 aliphatic carbocycles. The van der Waals surface area contributed by atoms with Crippen LogP contribution in [0.5, 0.6) is 5.75 Å². The Kier molecular flexibility index (Phi) is 8.08. The lowest BCUT2D eigenvalue weighted by atomic mass is 10.00. The van der Waals surface area contributed by atoms with Crippen LogP contribution < -0.4 is 4.74 Å². The predicted octanol–water partition coefficient (Wildman–Crippen LogP) is 5.99. The zero-order chi connectivity index (χ0) is 24.9. The number of hydrogen-bond donors (Lipinski definition) is 0. The first-order chi connectivity index (χ1) is 16.9. The van der Waals surface area contributed by atoms with Gasteiger partial charge < -0.3 is 14.5 Å². The van der Waals surface area contributed by atoms with E-state index < -0.39 is 0 Å². The number of fused-ring (bicyclic) bond motifs is 1. The summed E-state index contributed by atoms with van der Waals surface area (Å²) in [6.45, 7) is 4.69. The van der Waals surface area contributed by atoms with E-state index in [0.717, 1.165) is 12.0 Å². The minimum absolute atomic E-state index is 0.0348. The average molecular weight is 515 g/mol. The van der Waals surface area contributed by atoms with Gasteiger partial charge in [-0.05, 0) is 79.2 Å². The Hall–Kier alpha value is -2.90. The van der Waals surface area contributed by atoms with Crippen molar-refractivity contribution in [3.05, 3.63) is 86.8 Å². The maximum Gasteiger partial charge on any atom is 0.254 e. The number of carbonyl (C=O) groups is 2. The van der Waals surface area contributed by atoms with Gasteiger partial charge in [0.2, 0.25) is 5.91 Å². The zero-order valence-corrected chi connectivity index (χ0v) is 21.3. The lowest BCUT2D eigenvalue weighted by molar-refractivity contribution is -0.136. The number of benzene rings is 2. The Morgan fingerprint density at radius 3 is 2.71 bits per heavy atom. The highest BCUT2D eigenvalue weighted by Gasteiger charge is 2.34. The molecule has 1 aromatic heterocycles. The summed E-state index contributed by atoms with van der Waals surface area (Å²) in [7, 11) is 0. The first kappa shape index (κ1) is 25.2. The van der Waals surface area contributed by atoms with Crippen LogP contribution in [0, 0.1) is 5.82 Å². The van der Waals surface area contributed by atoms with E-state index in [1.807, 2.05) is 25.3 Å². The monoisotopic (exact) mass is 514 g/mol. The van der Waals surface area contributed by atoms with Gasteiger partial charge in [-0.1, -0.05) is 24.6 Å². The summed E-state index contributed by atoms with van der Waals surface area (Å²) in [6, 6.07) is 14.3. The number of nitrogens with zero attached hydrogens (tertiary/aromatic N) is 2. The quantitative estimate of drug-likeness (QED) is 0.371. The molecule has 0 saturated carbocycles. The van der Waals surface area contributed by atoms with E-state index in [1.165, 1.54) is 17.0 Å². The fourth-order valence-corrected chi connectivity index (χ4v) is 5.37. The van der Waals surface area contributed by atoms with Crippen molar-refractivity contribution >= 4 is 34.8 Å². The summed E-state index contributed by atoms with van der Waals surface area (Å²) >= 11 is 7.78. The summed E-state index contributed by atoms with van der Waals surface area (Å²) in [5.41, 5.74) is 1.52. The van der Waals surface area contributed by atoms with Crippen molar-refractivity contribution in [2.45, 2.75) is 38.8 Å². The highest BCUT2D eigenvalue weighted by atomic mass is 35.5. The number of halogens is 2. The third kappa shape index (κ3) is 5.85. The Labute approximate surface area is 214 Å². The molecule has 2 heterocycles. The molecular weight excluding hydrogens is 487 g/mol. The molecular formula is C27H28ClFN2O3S. The van der Waals surface area contributed by atoms with Crippen LogP contribution in [0.15, 0.2) is 60.0 Å². The van der Waals surface area contributed by atoms with Gasteiger partial charge in [0.1, 0.15) is 24.7 Å². The average Bonchev–Trinajstić information content (AvgIpc) is 3.35. The van der Waals surface area contributed by atoms with Crippen molar-refractivity contribution in [1.29, 1.82) is 0 Å². The Morgan fingerprint density at radius 2 is 2.00 bits per heavy atom. The molecule has 2 aromatic carbocycles. The van der Waals surface area contributed by atoms with Gasteiger partial charge in [0, 0.05) is 28.0 Å². The number of hydrogen-bond acceptors (Lipinski definition) is 4. The Bertz CT molecular complexity index is 1180. The standard InChI is InChI=1S/C27H28ClFN2O3S/c1-3-18(2)31(27(33)19-5-4-6-20(28)15-19)16-26(32)30-13-11-25-23(12-14-35-25)24(30)17-34-22-9-7-21(29)8-10-22/h4-10,12,14-15,18,24H,3,11,13,16-17H2,1-2H3/t18-,24-/m1/s1. The fourth-order valence-electron chi connectivity index (χ4n) is 4.25. The van der Waals surface area contributed by atoms with Crippen LogP contribution in [0.3, 0.4) is 0 Å². The number of carbonyl (C=O) groups excluding carboxylic acids is 2. The molecule has 3 aromatic rings. The number of rotatable bonds is 8. The summed E-state index contributed by atoms with van der Waals surface area (Å²) in [4.78, 5) is 31.6. The molecule has 184 valence electrons. The van der Waals surface area contributed by atoms with Crippen molar-refractivity contribution in [3.63, 3.8) is 0 Å². The highest BCUT2D eigenvalue weighted by molar-refractivity contribution is 7.10. The Morgan fingerprint density at radius 1 is 1.23 bits per heavy atom. The van der Waals surface area contributed by atoms with Gasteiger partial charge in [-0.3, -0.25) is 9.59 Å². The first-order valence-electron chi connectivity index (χ1n) is 11.7. The van der Waals surface area contributed by atoms with Crippen LogP contribution in [-0.2, 0) is 11.2 Å². The van der Waals surface area contributed by atoms with Gasteiger partial charge in [0.05, 0.1) is 6.04 Å². The second kappa shape index (κ2) is 11.2. The summed E-state index contributed by atoms with van der Waals surface area (Å²) < 4.78 is 19.2. The molecule has 1 aliphatic heterocycles. The highest BCUT2D eigenvalue weighted by Crippen LogP contribution is 2.34. The van der Waals surface area contributed by atoms with Gasteiger partial charge in [-0.25, -0.2) is 4.39 Å². The molecule has 0 bridgehead atoms. The SMILES string of the molecule is CC[C@@H](C)N(CC(=O)N1CCc2sccc2[C@H]1COc1ccc(F)cc1)C(=O)c1cccc(Cl)c1. The topological polar surface area (TPSA) is 49.9 Å². The van der Waals surface area contributed by atoms with E-state index in [-0.39, 0.29) is 42.9 Å². The third-order valence-electron chi connectivity index (χ3n) is 6.40. The molecule has 0 fully saturated rings. The minimum Gasteiger partial charge on any atom is -0.491 e. The Balaban J connectivity index is 1.54. The van der Waals surface area contributed by atoms with Crippen LogP contribution in [0.25, 0.3) is 0 Å². The summed E-state index contributed by atoms with van der Waals surface area (Å²) in [6.07, 6.45) is 1.47. The number of amides is 2. The largest absolute Gasteiger partial charge is 0.491 e. The van der Waals surface area contributed by atoms with Gasteiger partial charge in [-0.15, -0.1) is 11.3 Å². The number of thiophene rings is 1. The molecule has 5 nitrogen and oxygen atoms in total. The summed E-state index contributed by atoms with van der Waals surface area (Å²) in [5.74, 6) is -0.146. The van der Waals surface area contributed by atoms with Crippen molar-refractivity contribution in [2.75, 3.05) is 19.7 Å². The van der Waals surface area contributed by atoms with E-state index >= 15 is 0 Å². The normalized spacial score (nSPS) is 15.9. The van der Waals surface area contributed by atoms with Gasteiger partial charge in [-0.2, -0.15) is 0 Å². The van der Waals surface area contributed by atoms with E-state index in [0.29, 0.717) is 29.3 Å². The maximum atomic E-state index is 13.6. The van der Waals surface area contributed by atoms with Crippen LogP contribution in [0.4, 0.5) is 4.39 Å². The maximum absolute atomic E-state index is 13.6. The molecule has 0 N–H and O–H groups in total. The van der Waals surface area contributed by atoms with E-state index in [4.69, 9.17) is 16.3 Å². The molecule has 0 spiro atoms. The van der Waals surface area contributed by atoms with Crippen LogP contribution in [0.2, 0.25) is 5.02 Å². The summed E-state index contributed by atoms with van der Waals surface area (Å²) in [5, 5.41) is 2.50. The predicted molar refractivity (Wildman–Crippen MR) is 137 cm³/mol. The second-order valence-corrected chi connectivity index (χ2v) is 10.1. The van der Waals surface area contributed by atoms with Crippen molar-refractivity contribution < 1.29 is 18.7 Å². The third-order valence-corrected chi connectivity index (χ3v) is 7.63. The van der Waals surface area contributed by atoms with Gasteiger partial charge >= 0.3 is 0 Å². The number of ether oxygens (including phenoxy) is 1. The van der Waals surface area contributed by atoms with E-state index in [9.17, 15) is 14.0 Å². The zero-order valence-electron chi connectivity index (χ0n) is 19.7. The van der Waals surface area contributed by atoms with Crippen molar-refractivity contribution in [3.8, 4) is 5.75 Å². The smallest absolute Gasteiger partial charge is 0.254 e. The first-order valence-corrected chi connectivity index (χ1v) is 12.9. The molecule has 1 aliphatic rings. The molecule has 2 atom stereocenters. The van der Waals surface area contributed by atoms with E-state index in [2.05, 4.69) is 0 Å². The molecule has 2 amide bonds. The second-order valence-electron chi connectivity index (χ2n) is 8.62. The van der Waals surface area contributed by atoms with Gasteiger partial charge in [0.25, 0.3) is 5.91 Å². The lowest BCUT2D eigenvalue weighted by Crippen LogP contribution is -2.49. The fraction of sp³-hybridized carbons (Fsp3) is 0.333. The van der Waals surface area contributed by atoms with Gasteiger partial charge in [0.15, 0.2) is 0 Å². The van der Waals surface area contributed by atoms with Crippen LogP contribution in [0.1, 0.15) is 47.1 Å². The molecule has 4 rings (SSSR count). The molecule has 35 heavy (non-hydrogen) atoms. The van der Waals surface area contributed by atoms with Crippen LogP contribution in [-0.4, -0.2) is 47.4 Å². The molecule has 8 heteroatoms. The molecule has 0 radical (unpaired) electrons. The molecule has 0 saturated heterocycles. The van der Waals surface area contributed by atoms with Crippen molar-refractivity contribution in [1.82, 2.24) is 9.80 Å². The van der Waals surface area contributed by atoms with Crippen molar-refractivity contribution in [2.24, 2.45) is 0 Å². The van der Waals surface area contributed by atoms with E-state index in [1.54, 1.807) is 57.5 Å². The van der Waals surface area contributed by atoms with Crippen LogP contribution >= 0.6 is 22.9 Å². The minimum atomic E-state index is -0.332. The molecule has 0 unspecified atom stereocenters. The lowest BCUT2D eigenvalue weighted by Gasteiger charge is -2.38.